The van der Waals surface area contributed by atoms with E-state index >= 15 is 0 Å². The molecule has 5 nitrogen and oxygen atoms in total. The van der Waals surface area contributed by atoms with E-state index in [1.165, 1.54) is 11.1 Å². The van der Waals surface area contributed by atoms with Crippen molar-refractivity contribution >= 4 is 39.3 Å². The number of hydrogen-bond acceptors (Lipinski definition) is 5. The third-order valence-corrected chi connectivity index (χ3v) is 10.1. The van der Waals surface area contributed by atoms with Crippen molar-refractivity contribution in [3.05, 3.63) is 173 Å². The summed E-state index contributed by atoms with van der Waals surface area (Å²) in [4.78, 5) is 10.5. The van der Waals surface area contributed by atoms with Crippen molar-refractivity contribution in [1.82, 2.24) is 5.32 Å². The van der Waals surface area contributed by atoms with Gasteiger partial charge in [0.1, 0.15) is 29.8 Å². The molecule has 254 valence electrons. The zero-order valence-electron chi connectivity index (χ0n) is 29.4. The zero-order chi connectivity index (χ0) is 35.9. The van der Waals surface area contributed by atoms with Crippen LogP contribution in [0.5, 0.6) is 11.5 Å². The van der Waals surface area contributed by atoms with Gasteiger partial charge in [-0.2, -0.15) is 0 Å². The minimum absolute atomic E-state index is 0.564. The van der Waals surface area contributed by atoms with Crippen LogP contribution in [0.1, 0.15) is 46.5 Å². The number of nitrogens with zero attached hydrogens (tertiary/aromatic N) is 2. The van der Waals surface area contributed by atoms with Crippen LogP contribution in [-0.4, -0.2) is 18.8 Å². The van der Waals surface area contributed by atoms with Gasteiger partial charge in [0, 0.05) is 33.2 Å². The lowest BCUT2D eigenvalue weighted by atomic mass is 9.88. The fourth-order valence-electron chi connectivity index (χ4n) is 7.53. The molecule has 0 aliphatic carbocycles. The highest BCUT2D eigenvalue weighted by molar-refractivity contribution is 6.17. The summed E-state index contributed by atoms with van der Waals surface area (Å²) in [7, 11) is 1.70. The number of fused-ring (bicyclic) bond motifs is 5. The lowest BCUT2D eigenvalue weighted by molar-refractivity contribution is 0.303. The Labute approximate surface area is 309 Å². The van der Waals surface area contributed by atoms with E-state index in [4.69, 9.17) is 25.9 Å². The van der Waals surface area contributed by atoms with Crippen LogP contribution in [0.15, 0.2) is 150 Å². The van der Waals surface area contributed by atoms with E-state index < -0.39 is 6.17 Å². The number of hydrogen-bond donors (Lipinski definition) is 1. The summed E-state index contributed by atoms with van der Waals surface area (Å²) >= 11 is 0. The molecule has 0 amide bonds. The van der Waals surface area contributed by atoms with Gasteiger partial charge >= 0.3 is 0 Å². The molecule has 0 aromatic heterocycles. The van der Waals surface area contributed by atoms with E-state index in [-0.39, 0.29) is 0 Å². The number of ether oxygens (including phenoxy) is 2. The van der Waals surface area contributed by atoms with Crippen molar-refractivity contribution in [2.75, 3.05) is 7.11 Å². The third kappa shape index (κ3) is 5.71. The van der Waals surface area contributed by atoms with Gasteiger partial charge in [-0.3, -0.25) is 0 Å². The van der Waals surface area contributed by atoms with Crippen molar-refractivity contribution in [3.63, 3.8) is 0 Å². The predicted octanol–water partition coefficient (Wildman–Crippen LogP) is 10.7. The fourth-order valence-corrected chi connectivity index (χ4v) is 7.53. The normalized spacial score (nSPS) is 14.8. The van der Waals surface area contributed by atoms with Gasteiger partial charge in [0.05, 0.1) is 7.11 Å². The first kappa shape index (κ1) is 32.0. The van der Waals surface area contributed by atoms with Crippen LogP contribution in [0.25, 0.3) is 49.9 Å². The van der Waals surface area contributed by atoms with Gasteiger partial charge in [-0.15, -0.1) is 6.42 Å². The maximum absolute atomic E-state index is 6.35. The molecule has 0 saturated heterocycles. The smallest absolute Gasteiger partial charge is 0.171 e. The molecule has 7 aromatic carbocycles. The predicted molar refractivity (Wildman–Crippen MR) is 218 cm³/mol. The van der Waals surface area contributed by atoms with E-state index in [1.807, 2.05) is 49.4 Å². The van der Waals surface area contributed by atoms with Crippen molar-refractivity contribution in [3.8, 4) is 46.1 Å². The summed E-state index contributed by atoms with van der Waals surface area (Å²) < 4.78 is 12.1. The molecule has 2 aliphatic rings. The molecule has 5 heteroatoms. The second-order valence-corrected chi connectivity index (χ2v) is 13.2. The van der Waals surface area contributed by atoms with Gasteiger partial charge in [-0.25, -0.2) is 9.98 Å². The number of terminal acetylenes is 1. The minimum atomic E-state index is -0.628. The number of benzene rings is 7. The van der Waals surface area contributed by atoms with Crippen molar-refractivity contribution in [2.24, 2.45) is 9.98 Å². The van der Waals surface area contributed by atoms with Crippen LogP contribution in [0.2, 0.25) is 0 Å². The summed E-state index contributed by atoms with van der Waals surface area (Å²) in [6.45, 7) is 2.57. The number of allylic oxidation sites excluding steroid dienone is 1. The highest BCUT2D eigenvalue weighted by atomic mass is 16.5. The second kappa shape index (κ2) is 13.3. The summed E-state index contributed by atoms with van der Waals surface area (Å²) in [5.41, 5.74) is 9.98. The average molecular weight is 686 g/mol. The Hall–Kier alpha value is -6.90. The standard InChI is InChI=1S/C48H35N3O2/c1-4-14-31-23-35(39-22-13-19-33-26-45-42(28-41(33)39)38-20-11-10-18-34(38)29-53-45)25-43(37(31)5-2)48-50-46(30-15-7-6-8-16-30)49-47(51-48)36-24-32-17-9-12-21-40(32)44(27-36)52-3/h2,4,6-28,48H,29H2,1,3H3,(H,49,50,51)/b14-4-. The Balaban J connectivity index is 1.26. The van der Waals surface area contributed by atoms with Crippen molar-refractivity contribution < 1.29 is 9.47 Å². The molecular weight excluding hydrogens is 651 g/mol. The molecule has 0 fully saturated rings. The van der Waals surface area contributed by atoms with Gasteiger partial charge in [-0.1, -0.05) is 115 Å². The third-order valence-electron chi connectivity index (χ3n) is 10.1. The summed E-state index contributed by atoms with van der Waals surface area (Å²) in [6, 6.07) is 46.2. The van der Waals surface area contributed by atoms with Crippen molar-refractivity contribution in [2.45, 2.75) is 19.7 Å². The molecule has 2 heterocycles. The Morgan fingerprint density at radius 2 is 1.45 bits per heavy atom. The van der Waals surface area contributed by atoms with Crippen LogP contribution in [0.3, 0.4) is 0 Å². The van der Waals surface area contributed by atoms with Crippen LogP contribution >= 0.6 is 0 Å². The summed E-state index contributed by atoms with van der Waals surface area (Å²) in [6.07, 6.45) is 9.82. The van der Waals surface area contributed by atoms with E-state index in [2.05, 4.69) is 114 Å². The highest BCUT2D eigenvalue weighted by Crippen LogP contribution is 2.43. The van der Waals surface area contributed by atoms with E-state index in [0.717, 1.165) is 77.6 Å². The molecule has 7 aromatic rings. The molecule has 0 saturated carbocycles. The number of rotatable bonds is 6. The SMILES string of the molecule is C#Cc1c(/C=C\C)cc(-c2cccc3cc4c(cc23)-c2ccccc2CO4)cc1C1N=C(c2ccccc2)NC(c2cc(OC)c3ccccc3c2)=N1. The molecule has 2 aliphatic heterocycles. The highest BCUT2D eigenvalue weighted by Gasteiger charge is 2.26. The second-order valence-electron chi connectivity index (χ2n) is 13.2. The van der Waals surface area contributed by atoms with Gasteiger partial charge in [0.25, 0.3) is 0 Å². The van der Waals surface area contributed by atoms with Crippen LogP contribution in [0.4, 0.5) is 0 Å². The topological polar surface area (TPSA) is 55.2 Å². The first-order chi connectivity index (χ1) is 26.1. The van der Waals surface area contributed by atoms with E-state index in [9.17, 15) is 0 Å². The van der Waals surface area contributed by atoms with Crippen LogP contribution in [-0.2, 0) is 6.61 Å². The molecule has 1 N–H and O–H groups in total. The molecule has 1 unspecified atom stereocenters. The summed E-state index contributed by atoms with van der Waals surface area (Å²) in [5, 5.41) is 7.88. The Kier molecular flexibility index (Phi) is 8.06. The zero-order valence-corrected chi connectivity index (χ0v) is 29.4. The Bertz CT molecular complexity index is 2720. The number of aliphatic imine (C=N–C) groups is 2. The lowest BCUT2D eigenvalue weighted by Gasteiger charge is -2.25. The first-order valence-corrected chi connectivity index (χ1v) is 17.7. The monoisotopic (exact) mass is 685 g/mol. The Morgan fingerprint density at radius 1 is 0.717 bits per heavy atom. The summed E-state index contributed by atoms with van der Waals surface area (Å²) in [5.74, 6) is 6.09. The number of amidine groups is 2. The van der Waals surface area contributed by atoms with Gasteiger partial charge in [-0.05, 0) is 87.3 Å². The molecule has 9 rings (SSSR count). The average Bonchev–Trinajstić information content (AvgIpc) is 3.22. The quantitative estimate of drug-likeness (QED) is 0.177. The van der Waals surface area contributed by atoms with Gasteiger partial charge in [0.15, 0.2) is 6.17 Å². The maximum atomic E-state index is 6.35. The minimum Gasteiger partial charge on any atom is -0.496 e. The van der Waals surface area contributed by atoms with E-state index in [1.54, 1.807) is 7.11 Å². The van der Waals surface area contributed by atoms with Crippen LogP contribution in [0, 0.1) is 12.3 Å². The first-order valence-electron chi connectivity index (χ1n) is 17.7. The number of methoxy groups -OCH3 is 1. The molecule has 0 bridgehead atoms. The molecule has 0 spiro atoms. The Morgan fingerprint density at radius 3 is 2.28 bits per heavy atom. The van der Waals surface area contributed by atoms with Crippen molar-refractivity contribution in [1.29, 1.82) is 0 Å². The lowest BCUT2D eigenvalue weighted by Crippen LogP contribution is -2.36. The fraction of sp³-hybridized carbons (Fsp3) is 0.0833. The molecule has 53 heavy (non-hydrogen) atoms. The van der Waals surface area contributed by atoms with Gasteiger partial charge in [0.2, 0.25) is 0 Å². The molecule has 1 atom stereocenters. The molecular formula is C48H35N3O2. The molecule has 0 radical (unpaired) electrons. The maximum Gasteiger partial charge on any atom is 0.171 e. The number of nitrogens with one attached hydrogen (secondary N) is 1. The largest absolute Gasteiger partial charge is 0.496 e. The van der Waals surface area contributed by atoms with Crippen LogP contribution < -0.4 is 14.8 Å². The van der Waals surface area contributed by atoms with Gasteiger partial charge < -0.3 is 14.8 Å². The van der Waals surface area contributed by atoms with E-state index in [0.29, 0.717) is 18.3 Å².